The van der Waals surface area contributed by atoms with Crippen LogP contribution in [0.5, 0.6) is 0 Å². The molecule has 0 amide bonds. The van der Waals surface area contributed by atoms with Crippen LogP contribution in [0.1, 0.15) is 23.1 Å². The van der Waals surface area contributed by atoms with E-state index >= 15 is 0 Å². The highest BCUT2D eigenvalue weighted by atomic mass is 32.1. The maximum atomic E-state index is 10.7. The number of carboxylic acids is 1. The second-order valence-electron chi connectivity index (χ2n) is 5.85. The molecule has 0 bridgehead atoms. The van der Waals surface area contributed by atoms with Gasteiger partial charge < -0.3 is 10.4 Å². The average molecular weight is 352 g/mol. The molecule has 0 spiro atoms. The Bertz CT molecular complexity index is 814. The molecule has 2 N–H and O–H groups in total. The summed E-state index contributed by atoms with van der Waals surface area (Å²) in [5.74, 6) is -0.760. The molecule has 0 aliphatic carbocycles. The molecule has 0 aliphatic rings. The number of nitrogens with one attached hydrogen (secondary N) is 1. The smallest absolute Gasteiger partial charge is 0.303 e. The van der Waals surface area contributed by atoms with E-state index in [1.54, 1.807) is 11.3 Å². The van der Waals surface area contributed by atoms with E-state index in [0.717, 1.165) is 29.2 Å². The maximum absolute atomic E-state index is 10.7. The summed E-state index contributed by atoms with van der Waals surface area (Å²) in [5, 5.41) is 15.2. The molecule has 0 saturated carbocycles. The lowest BCUT2D eigenvalue weighted by Gasteiger charge is -2.07. The Labute approximate surface area is 151 Å². The molecule has 3 aromatic rings. The first-order valence-corrected chi connectivity index (χ1v) is 9.08. The fraction of sp³-hybridized carbons (Fsp3) is 0.200. The second-order valence-corrected chi connectivity index (χ2v) is 6.75. The summed E-state index contributed by atoms with van der Waals surface area (Å²) in [4.78, 5) is 15.0. The van der Waals surface area contributed by atoms with Gasteiger partial charge in [0.2, 0.25) is 0 Å². The van der Waals surface area contributed by atoms with Gasteiger partial charge in [-0.2, -0.15) is 0 Å². The van der Waals surface area contributed by atoms with Crippen molar-refractivity contribution in [2.45, 2.75) is 25.9 Å². The summed E-state index contributed by atoms with van der Waals surface area (Å²) >= 11 is 1.64. The first-order chi connectivity index (χ1) is 12.2. The van der Waals surface area contributed by atoms with E-state index in [1.165, 1.54) is 11.1 Å². The molecule has 0 saturated heterocycles. The summed E-state index contributed by atoms with van der Waals surface area (Å²) < 4.78 is 0. The Morgan fingerprint density at radius 1 is 1.04 bits per heavy atom. The van der Waals surface area contributed by atoms with Crippen molar-refractivity contribution in [1.29, 1.82) is 0 Å². The van der Waals surface area contributed by atoms with E-state index in [2.05, 4.69) is 46.7 Å². The molecule has 0 atom stereocenters. The minimum atomic E-state index is -0.760. The molecule has 5 heteroatoms. The molecule has 1 heterocycles. The van der Waals surface area contributed by atoms with Crippen LogP contribution in [0, 0.1) is 0 Å². The largest absolute Gasteiger partial charge is 0.481 e. The molecule has 3 rings (SSSR count). The van der Waals surface area contributed by atoms with Crippen LogP contribution in [0.15, 0.2) is 60.1 Å². The number of aryl methyl sites for hydroxylation is 1. The van der Waals surface area contributed by atoms with Crippen LogP contribution in [0.25, 0.3) is 10.6 Å². The standard InChI is InChI=1S/C20H20N2O2S/c23-19(24)9-6-15-2-1-3-17(12-15)14-21-13-16-4-7-18(8-5-16)20-22-10-11-25-20/h1-5,7-8,10-12,21H,6,9,13-14H2,(H,23,24). The zero-order chi connectivity index (χ0) is 17.5. The van der Waals surface area contributed by atoms with Gasteiger partial charge in [-0.3, -0.25) is 4.79 Å². The Morgan fingerprint density at radius 3 is 2.52 bits per heavy atom. The minimum absolute atomic E-state index is 0.169. The normalized spacial score (nSPS) is 10.7. The number of carbonyl (C=O) groups is 1. The minimum Gasteiger partial charge on any atom is -0.481 e. The summed E-state index contributed by atoms with van der Waals surface area (Å²) in [6.07, 6.45) is 2.56. The highest BCUT2D eigenvalue weighted by Crippen LogP contribution is 2.21. The van der Waals surface area contributed by atoms with Gasteiger partial charge >= 0.3 is 5.97 Å². The van der Waals surface area contributed by atoms with Crippen LogP contribution in [-0.2, 0) is 24.3 Å². The first-order valence-electron chi connectivity index (χ1n) is 8.20. The molecule has 0 fully saturated rings. The first kappa shape index (κ1) is 17.3. The lowest BCUT2D eigenvalue weighted by Crippen LogP contribution is -2.12. The van der Waals surface area contributed by atoms with E-state index in [4.69, 9.17) is 5.11 Å². The average Bonchev–Trinajstić information content (AvgIpc) is 3.16. The zero-order valence-corrected chi connectivity index (χ0v) is 14.6. The molecule has 0 radical (unpaired) electrons. The number of nitrogens with zero attached hydrogens (tertiary/aromatic N) is 1. The summed E-state index contributed by atoms with van der Waals surface area (Å²) in [5.41, 5.74) is 4.60. The Kier molecular flexibility index (Phi) is 5.93. The number of rotatable bonds is 8. The molecule has 128 valence electrons. The van der Waals surface area contributed by atoms with E-state index < -0.39 is 5.97 Å². The SMILES string of the molecule is O=C(O)CCc1cccc(CNCc2ccc(-c3nccs3)cc2)c1. The quantitative estimate of drug-likeness (QED) is 0.640. The number of carboxylic acid groups (broad SMARTS) is 1. The van der Waals surface area contributed by atoms with Gasteiger partial charge in [-0.05, 0) is 23.1 Å². The molecule has 0 aliphatic heterocycles. The topological polar surface area (TPSA) is 62.2 Å². The summed E-state index contributed by atoms with van der Waals surface area (Å²) in [7, 11) is 0. The van der Waals surface area contributed by atoms with Crippen molar-refractivity contribution in [3.8, 4) is 10.6 Å². The molecule has 2 aromatic carbocycles. The van der Waals surface area contributed by atoms with Crippen LogP contribution in [0.4, 0.5) is 0 Å². The van der Waals surface area contributed by atoms with Crippen LogP contribution in [-0.4, -0.2) is 16.1 Å². The highest BCUT2D eigenvalue weighted by molar-refractivity contribution is 7.13. The monoisotopic (exact) mass is 352 g/mol. The Balaban J connectivity index is 1.51. The van der Waals surface area contributed by atoms with Crippen LogP contribution < -0.4 is 5.32 Å². The van der Waals surface area contributed by atoms with Crippen molar-refractivity contribution in [2.24, 2.45) is 0 Å². The van der Waals surface area contributed by atoms with Crippen LogP contribution in [0.2, 0.25) is 0 Å². The third kappa shape index (κ3) is 5.24. The van der Waals surface area contributed by atoms with Crippen molar-refractivity contribution in [1.82, 2.24) is 10.3 Å². The fourth-order valence-corrected chi connectivity index (χ4v) is 3.27. The number of thiazole rings is 1. The number of hydrogen-bond donors (Lipinski definition) is 2. The lowest BCUT2D eigenvalue weighted by molar-refractivity contribution is -0.136. The van der Waals surface area contributed by atoms with Gasteiger partial charge in [0.25, 0.3) is 0 Å². The Hall–Kier alpha value is -2.50. The summed E-state index contributed by atoms with van der Waals surface area (Å²) in [6, 6.07) is 16.5. The van der Waals surface area contributed by atoms with E-state index in [1.807, 2.05) is 23.7 Å². The van der Waals surface area contributed by atoms with E-state index in [0.29, 0.717) is 6.42 Å². The van der Waals surface area contributed by atoms with E-state index in [9.17, 15) is 4.79 Å². The van der Waals surface area contributed by atoms with Crippen LogP contribution >= 0.6 is 11.3 Å². The van der Waals surface area contributed by atoms with Crippen molar-refractivity contribution >= 4 is 17.3 Å². The van der Waals surface area contributed by atoms with Crippen molar-refractivity contribution < 1.29 is 9.90 Å². The third-order valence-corrected chi connectivity index (χ3v) is 4.73. The lowest BCUT2D eigenvalue weighted by atomic mass is 10.1. The van der Waals surface area contributed by atoms with Gasteiger partial charge in [-0.15, -0.1) is 11.3 Å². The fourth-order valence-electron chi connectivity index (χ4n) is 2.63. The Morgan fingerprint density at radius 2 is 1.80 bits per heavy atom. The third-order valence-electron chi connectivity index (χ3n) is 3.91. The molecule has 4 nitrogen and oxygen atoms in total. The van der Waals surface area contributed by atoms with Gasteiger partial charge in [-0.25, -0.2) is 4.98 Å². The maximum Gasteiger partial charge on any atom is 0.303 e. The van der Waals surface area contributed by atoms with E-state index in [-0.39, 0.29) is 6.42 Å². The molecule has 1 aromatic heterocycles. The second kappa shape index (κ2) is 8.55. The van der Waals surface area contributed by atoms with Crippen molar-refractivity contribution in [3.63, 3.8) is 0 Å². The summed E-state index contributed by atoms with van der Waals surface area (Å²) in [6.45, 7) is 1.55. The van der Waals surface area contributed by atoms with Gasteiger partial charge in [0.15, 0.2) is 0 Å². The molecule has 25 heavy (non-hydrogen) atoms. The van der Waals surface area contributed by atoms with Crippen LogP contribution in [0.3, 0.4) is 0 Å². The highest BCUT2D eigenvalue weighted by Gasteiger charge is 2.02. The molecular weight excluding hydrogens is 332 g/mol. The van der Waals surface area contributed by atoms with Gasteiger partial charge in [0.05, 0.1) is 0 Å². The zero-order valence-electron chi connectivity index (χ0n) is 13.8. The number of aromatic nitrogens is 1. The predicted octanol–water partition coefficient (Wildman–Crippen LogP) is 4.12. The van der Waals surface area contributed by atoms with Crippen molar-refractivity contribution in [3.05, 3.63) is 76.8 Å². The molecular formula is C20H20N2O2S. The van der Waals surface area contributed by atoms with Crippen molar-refractivity contribution in [2.75, 3.05) is 0 Å². The predicted molar refractivity (Wildman–Crippen MR) is 100 cm³/mol. The number of hydrogen-bond acceptors (Lipinski definition) is 4. The van der Waals surface area contributed by atoms with Gasteiger partial charge in [-0.1, -0.05) is 48.5 Å². The van der Waals surface area contributed by atoms with Gasteiger partial charge in [0.1, 0.15) is 5.01 Å². The number of benzene rings is 2. The molecule has 0 unspecified atom stereocenters. The van der Waals surface area contributed by atoms with Gasteiger partial charge in [0, 0.05) is 36.7 Å². The number of aliphatic carboxylic acids is 1.